The molecule has 1 atom stereocenters. The highest BCUT2D eigenvalue weighted by Gasteiger charge is 2.35. The molecule has 0 aliphatic carbocycles. The van der Waals surface area contributed by atoms with Crippen LogP contribution in [0.4, 0.5) is 10.2 Å². The first kappa shape index (κ1) is 19.2. The van der Waals surface area contributed by atoms with E-state index in [2.05, 4.69) is 10.4 Å². The normalized spacial score (nSPS) is 15.7. The number of hydrogen-bond donors (Lipinski definition) is 1. The lowest BCUT2D eigenvalue weighted by molar-refractivity contribution is -0.139. The Morgan fingerprint density at radius 3 is 2.55 bits per heavy atom. The van der Waals surface area contributed by atoms with Gasteiger partial charge in [0.2, 0.25) is 0 Å². The molecule has 2 heterocycles. The molecular weight excluding hydrogens is 393 g/mol. The molecule has 5 nitrogen and oxygen atoms in total. The number of rotatable bonds is 4. The molecule has 0 fully saturated rings. The third-order valence-electron chi connectivity index (χ3n) is 4.86. The Morgan fingerprint density at radius 2 is 1.90 bits per heavy atom. The van der Waals surface area contributed by atoms with Crippen molar-refractivity contribution >= 4 is 23.4 Å². The predicted molar refractivity (Wildman–Crippen MR) is 110 cm³/mol. The highest BCUT2D eigenvalue weighted by atomic mass is 35.5. The maximum absolute atomic E-state index is 13.5. The van der Waals surface area contributed by atoms with Crippen LogP contribution in [-0.2, 0) is 9.53 Å². The standard InChI is InChI=1S/C22H19ClFN3O2/c1-3-29-22(28)19-13(2)26-21-18(14-4-8-16(23)9-5-14)12-25-27(21)20(19)15-6-10-17(24)11-7-15/h4-12,20,26H,3H2,1-2H3/t20-/m1/s1. The molecule has 7 heteroatoms. The van der Waals surface area contributed by atoms with E-state index < -0.39 is 12.0 Å². The van der Waals surface area contributed by atoms with Crippen molar-refractivity contribution in [2.45, 2.75) is 19.9 Å². The van der Waals surface area contributed by atoms with E-state index in [1.54, 1.807) is 29.9 Å². The molecule has 29 heavy (non-hydrogen) atoms. The van der Waals surface area contributed by atoms with Crippen LogP contribution in [0.5, 0.6) is 0 Å². The number of fused-ring (bicyclic) bond motifs is 1. The topological polar surface area (TPSA) is 56.1 Å². The molecule has 4 rings (SSSR count). The van der Waals surface area contributed by atoms with Crippen molar-refractivity contribution in [1.29, 1.82) is 0 Å². The molecule has 3 aromatic rings. The van der Waals surface area contributed by atoms with Gasteiger partial charge in [0.15, 0.2) is 0 Å². The third-order valence-corrected chi connectivity index (χ3v) is 5.11. The number of aromatic nitrogens is 2. The van der Waals surface area contributed by atoms with Crippen molar-refractivity contribution in [3.63, 3.8) is 0 Å². The van der Waals surface area contributed by atoms with Gasteiger partial charge in [0, 0.05) is 16.3 Å². The number of ether oxygens (including phenoxy) is 1. The molecule has 1 N–H and O–H groups in total. The van der Waals surface area contributed by atoms with Gasteiger partial charge in [-0.3, -0.25) is 0 Å². The Morgan fingerprint density at radius 1 is 1.21 bits per heavy atom. The van der Waals surface area contributed by atoms with Gasteiger partial charge in [0.25, 0.3) is 0 Å². The lowest BCUT2D eigenvalue weighted by Gasteiger charge is -2.29. The zero-order chi connectivity index (χ0) is 20.5. The van der Waals surface area contributed by atoms with Crippen molar-refractivity contribution in [1.82, 2.24) is 9.78 Å². The largest absolute Gasteiger partial charge is 0.463 e. The van der Waals surface area contributed by atoms with E-state index in [0.717, 1.165) is 22.5 Å². The van der Waals surface area contributed by atoms with Gasteiger partial charge in [0.05, 0.1) is 18.4 Å². The number of halogens is 2. The first-order valence-corrected chi connectivity index (χ1v) is 9.61. The van der Waals surface area contributed by atoms with Gasteiger partial charge in [-0.2, -0.15) is 5.10 Å². The second-order valence-corrected chi connectivity index (χ2v) is 7.13. The minimum atomic E-state index is -0.535. The van der Waals surface area contributed by atoms with Crippen LogP contribution in [0.25, 0.3) is 11.1 Å². The smallest absolute Gasteiger partial charge is 0.338 e. The summed E-state index contributed by atoms with van der Waals surface area (Å²) in [5.41, 5.74) is 3.66. The predicted octanol–water partition coefficient (Wildman–Crippen LogP) is 5.19. The molecule has 1 aliphatic rings. The van der Waals surface area contributed by atoms with Gasteiger partial charge >= 0.3 is 5.97 Å². The average molecular weight is 412 g/mol. The SMILES string of the molecule is CCOC(=O)C1=C(C)Nc2c(-c3ccc(Cl)cc3)cnn2[C@@H]1c1ccc(F)cc1. The zero-order valence-corrected chi connectivity index (χ0v) is 16.7. The molecule has 1 aromatic heterocycles. The van der Waals surface area contributed by atoms with E-state index in [9.17, 15) is 9.18 Å². The fourth-order valence-corrected chi connectivity index (χ4v) is 3.65. The summed E-state index contributed by atoms with van der Waals surface area (Å²) in [6.45, 7) is 3.84. The number of nitrogens with one attached hydrogen (secondary N) is 1. The Labute approximate surface area is 172 Å². The number of esters is 1. The Bertz CT molecular complexity index is 1090. The minimum absolute atomic E-state index is 0.258. The number of carbonyl (C=O) groups excluding carboxylic acids is 1. The van der Waals surface area contributed by atoms with Crippen LogP contribution in [0.15, 0.2) is 66.0 Å². The molecule has 0 unspecified atom stereocenters. The van der Waals surface area contributed by atoms with Crippen molar-refractivity contribution in [3.8, 4) is 11.1 Å². The summed E-state index contributed by atoms with van der Waals surface area (Å²) in [5.74, 6) is -0.0307. The van der Waals surface area contributed by atoms with Crippen LogP contribution in [0.3, 0.4) is 0 Å². The van der Waals surface area contributed by atoms with E-state index in [-0.39, 0.29) is 12.4 Å². The second-order valence-electron chi connectivity index (χ2n) is 6.70. The van der Waals surface area contributed by atoms with Gasteiger partial charge in [0.1, 0.15) is 17.7 Å². The first-order chi connectivity index (χ1) is 14.0. The highest BCUT2D eigenvalue weighted by Crippen LogP contribution is 2.40. The quantitative estimate of drug-likeness (QED) is 0.600. The highest BCUT2D eigenvalue weighted by molar-refractivity contribution is 6.30. The van der Waals surface area contributed by atoms with Crippen molar-refractivity contribution < 1.29 is 13.9 Å². The van der Waals surface area contributed by atoms with Gasteiger partial charge in [-0.15, -0.1) is 0 Å². The number of carbonyl (C=O) groups is 1. The van der Waals surface area contributed by atoms with Gasteiger partial charge < -0.3 is 10.1 Å². The lowest BCUT2D eigenvalue weighted by atomic mass is 9.95. The molecule has 0 radical (unpaired) electrons. The zero-order valence-electron chi connectivity index (χ0n) is 15.9. The van der Waals surface area contributed by atoms with Gasteiger partial charge in [-0.05, 0) is 49.2 Å². The van der Waals surface area contributed by atoms with Crippen LogP contribution < -0.4 is 5.32 Å². The molecule has 0 bridgehead atoms. The maximum Gasteiger partial charge on any atom is 0.338 e. The molecular formula is C22H19ClFN3O2. The summed E-state index contributed by atoms with van der Waals surface area (Å²) in [6, 6.07) is 13.0. The second kappa shape index (κ2) is 7.72. The van der Waals surface area contributed by atoms with E-state index in [1.807, 2.05) is 31.2 Å². The van der Waals surface area contributed by atoms with E-state index >= 15 is 0 Å². The molecule has 0 spiro atoms. The number of nitrogens with zero attached hydrogens (tertiary/aromatic N) is 2. The monoisotopic (exact) mass is 411 g/mol. The number of hydrogen-bond acceptors (Lipinski definition) is 4. The van der Waals surface area contributed by atoms with E-state index in [1.165, 1.54) is 12.1 Å². The van der Waals surface area contributed by atoms with Crippen LogP contribution in [-0.4, -0.2) is 22.4 Å². The summed E-state index contributed by atoms with van der Waals surface area (Å²) in [5, 5.41) is 8.49. The Balaban J connectivity index is 1.87. The Hall–Kier alpha value is -3.12. The molecule has 1 aliphatic heterocycles. The van der Waals surface area contributed by atoms with Gasteiger partial charge in [-0.1, -0.05) is 35.9 Å². The first-order valence-electron chi connectivity index (χ1n) is 9.23. The van der Waals surface area contributed by atoms with Crippen LogP contribution in [0, 0.1) is 5.82 Å². The minimum Gasteiger partial charge on any atom is -0.463 e. The molecule has 0 saturated heterocycles. The summed E-state index contributed by atoms with van der Waals surface area (Å²) >= 11 is 6.01. The van der Waals surface area contributed by atoms with Crippen LogP contribution in [0.1, 0.15) is 25.5 Å². The Kier molecular flexibility index (Phi) is 5.11. The summed E-state index contributed by atoms with van der Waals surface area (Å²) in [4.78, 5) is 12.7. The van der Waals surface area contributed by atoms with Crippen molar-refractivity contribution in [2.24, 2.45) is 0 Å². The third kappa shape index (κ3) is 3.51. The van der Waals surface area contributed by atoms with Crippen LogP contribution in [0.2, 0.25) is 5.02 Å². The van der Waals surface area contributed by atoms with Crippen molar-refractivity contribution in [2.75, 3.05) is 11.9 Å². The van der Waals surface area contributed by atoms with Crippen molar-refractivity contribution in [3.05, 3.63) is 82.4 Å². The van der Waals surface area contributed by atoms with Crippen LogP contribution >= 0.6 is 11.6 Å². The summed E-state index contributed by atoms with van der Waals surface area (Å²) in [6.07, 6.45) is 1.74. The average Bonchev–Trinajstić information content (AvgIpc) is 3.12. The molecule has 148 valence electrons. The number of allylic oxidation sites excluding steroid dienone is 1. The van der Waals surface area contributed by atoms with E-state index in [4.69, 9.17) is 16.3 Å². The molecule has 0 amide bonds. The fourth-order valence-electron chi connectivity index (χ4n) is 3.52. The lowest BCUT2D eigenvalue weighted by Crippen LogP contribution is -2.29. The summed E-state index contributed by atoms with van der Waals surface area (Å²) in [7, 11) is 0. The number of anilines is 1. The number of benzene rings is 2. The molecule has 0 saturated carbocycles. The van der Waals surface area contributed by atoms with Gasteiger partial charge in [-0.25, -0.2) is 13.9 Å². The molecule has 2 aromatic carbocycles. The summed E-state index contributed by atoms with van der Waals surface area (Å²) < 4.78 is 20.5. The maximum atomic E-state index is 13.5. The fraction of sp³-hybridized carbons (Fsp3) is 0.182. The van der Waals surface area contributed by atoms with E-state index in [0.29, 0.717) is 16.3 Å².